The zero-order valence-corrected chi connectivity index (χ0v) is 16.1. The molecule has 1 N–H and O–H groups in total. The van der Waals surface area contributed by atoms with Gasteiger partial charge in [-0.15, -0.1) is 0 Å². The molecule has 142 valence electrons. The zero-order valence-electron chi connectivity index (χ0n) is 16.1. The maximum Gasteiger partial charge on any atom is 0.255 e. The quantitative estimate of drug-likeness (QED) is 0.762. The van der Waals surface area contributed by atoms with Crippen LogP contribution in [0.1, 0.15) is 41.4 Å². The van der Waals surface area contributed by atoms with Gasteiger partial charge in [0.25, 0.3) is 5.91 Å². The molecule has 1 saturated heterocycles. The summed E-state index contributed by atoms with van der Waals surface area (Å²) in [6.07, 6.45) is 3.48. The number of nitrogens with zero attached hydrogens (tertiary/aromatic N) is 4. The Bertz CT molecular complexity index is 1050. The first-order chi connectivity index (χ1) is 13.6. The SMILES string of the molecule is CC(C)c1[nH]ccc1C(=O)N1CCN(c2c(C#N)cnc3ccccc23)CC1. The Morgan fingerprint density at radius 1 is 1.18 bits per heavy atom. The molecule has 28 heavy (non-hydrogen) atoms. The number of piperazine rings is 1. The van der Waals surface area contributed by atoms with Gasteiger partial charge in [0.15, 0.2) is 0 Å². The number of fused-ring (bicyclic) bond motifs is 1. The fourth-order valence-corrected chi connectivity index (χ4v) is 3.90. The van der Waals surface area contributed by atoms with E-state index in [1.807, 2.05) is 41.4 Å². The van der Waals surface area contributed by atoms with Crippen LogP contribution in [0.25, 0.3) is 10.9 Å². The van der Waals surface area contributed by atoms with Crippen molar-refractivity contribution in [3.05, 3.63) is 59.5 Å². The van der Waals surface area contributed by atoms with Gasteiger partial charge in [-0.3, -0.25) is 9.78 Å². The van der Waals surface area contributed by atoms with Gasteiger partial charge in [0.2, 0.25) is 0 Å². The largest absolute Gasteiger partial charge is 0.366 e. The molecule has 0 aliphatic carbocycles. The van der Waals surface area contributed by atoms with Crippen LogP contribution in [0, 0.1) is 11.3 Å². The maximum absolute atomic E-state index is 13.0. The average molecular weight is 373 g/mol. The van der Waals surface area contributed by atoms with E-state index < -0.39 is 0 Å². The third-order valence-electron chi connectivity index (χ3n) is 5.34. The molecule has 3 heterocycles. The number of hydrogen-bond donors (Lipinski definition) is 1. The highest BCUT2D eigenvalue weighted by molar-refractivity contribution is 5.96. The first-order valence-corrected chi connectivity index (χ1v) is 9.59. The lowest BCUT2D eigenvalue weighted by Gasteiger charge is -2.37. The number of hydrogen-bond acceptors (Lipinski definition) is 4. The van der Waals surface area contributed by atoms with Crippen molar-refractivity contribution >= 4 is 22.5 Å². The summed E-state index contributed by atoms with van der Waals surface area (Å²) < 4.78 is 0. The molecular weight excluding hydrogens is 350 g/mol. The molecule has 0 unspecified atom stereocenters. The van der Waals surface area contributed by atoms with Crippen LogP contribution < -0.4 is 4.90 Å². The van der Waals surface area contributed by atoms with E-state index in [1.165, 1.54) is 0 Å². The van der Waals surface area contributed by atoms with Crippen LogP contribution in [0.2, 0.25) is 0 Å². The number of carbonyl (C=O) groups excluding carboxylic acids is 1. The highest BCUT2D eigenvalue weighted by Crippen LogP contribution is 2.30. The molecule has 1 aromatic carbocycles. The molecule has 4 rings (SSSR count). The highest BCUT2D eigenvalue weighted by atomic mass is 16.2. The Morgan fingerprint density at radius 3 is 2.64 bits per heavy atom. The van der Waals surface area contributed by atoms with Gasteiger partial charge in [0.05, 0.1) is 22.3 Å². The Morgan fingerprint density at radius 2 is 1.93 bits per heavy atom. The summed E-state index contributed by atoms with van der Waals surface area (Å²) in [5.41, 5.74) is 4.12. The van der Waals surface area contributed by atoms with Crippen LogP contribution in [0.15, 0.2) is 42.7 Å². The van der Waals surface area contributed by atoms with Crippen molar-refractivity contribution in [2.75, 3.05) is 31.1 Å². The van der Waals surface area contributed by atoms with Crippen LogP contribution in [0.5, 0.6) is 0 Å². The van der Waals surface area contributed by atoms with E-state index in [2.05, 4.69) is 34.8 Å². The number of H-pyrrole nitrogens is 1. The van der Waals surface area contributed by atoms with Crippen molar-refractivity contribution in [2.45, 2.75) is 19.8 Å². The number of aromatic amines is 1. The summed E-state index contributed by atoms with van der Waals surface area (Å²) >= 11 is 0. The molecule has 6 nitrogen and oxygen atoms in total. The summed E-state index contributed by atoms with van der Waals surface area (Å²) in [7, 11) is 0. The van der Waals surface area contributed by atoms with Crippen molar-refractivity contribution < 1.29 is 4.79 Å². The van der Waals surface area contributed by atoms with Crippen LogP contribution in [-0.4, -0.2) is 47.0 Å². The van der Waals surface area contributed by atoms with Gasteiger partial charge in [-0.25, -0.2) is 0 Å². The van der Waals surface area contributed by atoms with Crippen molar-refractivity contribution in [1.29, 1.82) is 5.26 Å². The Labute approximate surface area is 164 Å². The van der Waals surface area contributed by atoms with Crippen molar-refractivity contribution in [3.63, 3.8) is 0 Å². The van der Waals surface area contributed by atoms with E-state index in [4.69, 9.17) is 0 Å². The molecule has 0 radical (unpaired) electrons. The third kappa shape index (κ3) is 3.09. The third-order valence-corrected chi connectivity index (χ3v) is 5.34. The summed E-state index contributed by atoms with van der Waals surface area (Å²) in [6, 6.07) is 12.0. The molecule has 1 fully saturated rings. The van der Waals surface area contributed by atoms with Gasteiger partial charge in [-0.1, -0.05) is 32.0 Å². The molecule has 1 aliphatic rings. The van der Waals surface area contributed by atoms with Crippen molar-refractivity contribution in [2.24, 2.45) is 0 Å². The van der Waals surface area contributed by atoms with E-state index in [1.54, 1.807) is 6.20 Å². The first-order valence-electron chi connectivity index (χ1n) is 9.59. The van der Waals surface area contributed by atoms with Gasteiger partial charge < -0.3 is 14.8 Å². The fourth-order valence-electron chi connectivity index (χ4n) is 3.90. The Kier molecular flexibility index (Phi) is 4.74. The Balaban J connectivity index is 1.57. The van der Waals surface area contributed by atoms with Crippen LogP contribution in [0.3, 0.4) is 0 Å². The second-order valence-electron chi connectivity index (χ2n) is 7.39. The lowest BCUT2D eigenvalue weighted by atomic mass is 10.0. The lowest BCUT2D eigenvalue weighted by molar-refractivity contribution is 0.0745. The number of nitrogens with one attached hydrogen (secondary N) is 1. The van der Waals surface area contributed by atoms with E-state index >= 15 is 0 Å². The van der Waals surface area contributed by atoms with Gasteiger partial charge in [0.1, 0.15) is 6.07 Å². The molecule has 0 saturated carbocycles. The zero-order chi connectivity index (χ0) is 19.7. The van der Waals surface area contributed by atoms with E-state index in [0.29, 0.717) is 31.7 Å². The summed E-state index contributed by atoms with van der Waals surface area (Å²) in [4.78, 5) is 24.7. The molecule has 2 aromatic heterocycles. The average Bonchev–Trinajstić information content (AvgIpc) is 3.23. The smallest absolute Gasteiger partial charge is 0.255 e. The maximum atomic E-state index is 13.0. The van der Waals surface area contributed by atoms with E-state index in [-0.39, 0.29) is 11.8 Å². The van der Waals surface area contributed by atoms with Crippen LogP contribution in [-0.2, 0) is 0 Å². The van der Waals surface area contributed by atoms with Crippen molar-refractivity contribution in [3.8, 4) is 6.07 Å². The van der Waals surface area contributed by atoms with Crippen LogP contribution >= 0.6 is 0 Å². The topological polar surface area (TPSA) is 76.0 Å². The second-order valence-corrected chi connectivity index (χ2v) is 7.39. The van der Waals surface area contributed by atoms with Crippen LogP contribution in [0.4, 0.5) is 5.69 Å². The summed E-state index contributed by atoms with van der Waals surface area (Å²) in [5.74, 6) is 0.348. The molecule has 1 amide bonds. The van der Waals surface area contributed by atoms with E-state index in [0.717, 1.165) is 27.8 Å². The number of aromatic nitrogens is 2. The molecule has 0 spiro atoms. The number of anilines is 1. The standard InChI is InChI=1S/C22H23N5O/c1-15(2)20-18(7-8-24-20)22(28)27-11-9-26(10-12-27)21-16(13-23)14-25-19-6-4-3-5-17(19)21/h3-8,14-15,24H,9-12H2,1-2H3. The molecule has 1 aliphatic heterocycles. The number of amides is 1. The molecule has 0 bridgehead atoms. The fraction of sp³-hybridized carbons (Fsp3) is 0.318. The predicted molar refractivity (Wildman–Crippen MR) is 109 cm³/mol. The molecule has 0 atom stereocenters. The molecular formula is C22H23N5O. The normalized spacial score (nSPS) is 14.5. The number of benzene rings is 1. The number of rotatable bonds is 3. The number of pyridine rings is 1. The lowest BCUT2D eigenvalue weighted by Crippen LogP contribution is -2.49. The first kappa shape index (κ1) is 18.1. The molecule has 6 heteroatoms. The summed E-state index contributed by atoms with van der Waals surface area (Å²) in [6.45, 7) is 6.80. The molecule has 3 aromatic rings. The van der Waals surface area contributed by atoms with Gasteiger partial charge in [0, 0.05) is 49.7 Å². The van der Waals surface area contributed by atoms with Gasteiger partial charge in [-0.2, -0.15) is 5.26 Å². The number of carbonyl (C=O) groups is 1. The summed E-state index contributed by atoms with van der Waals surface area (Å²) in [5, 5.41) is 10.6. The van der Waals surface area contributed by atoms with E-state index in [9.17, 15) is 10.1 Å². The second kappa shape index (κ2) is 7.35. The number of para-hydroxylation sites is 1. The Hall–Kier alpha value is -3.33. The van der Waals surface area contributed by atoms with Gasteiger partial charge >= 0.3 is 0 Å². The minimum absolute atomic E-state index is 0.0738. The minimum Gasteiger partial charge on any atom is -0.366 e. The van der Waals surface area contributed by atoms with Gasteiger partial charge in [-0.05, 0) is 18.1 Å². The number of nitriles is 1. The minimum atomic E-state index is 0.0738. The highest BCUT2D eigenvalue weighted by Gasteiger charge is 2.26. The monoisotopic (exact) mass is 373 g/mol. The van der Waals surface area contributed by atoms with Crippen molar-refractivity contribution in [1.82, 2.24) is 14.9 Å². The predicted octanol–water partition coefficient (Wildman–Crippen LogP) is 3.52.